The Labute approximate surface area is 192 Å². The molecule has 0 unspecified atom stereocenters. The number of phenolic OH excluding ortho intramolecular Hbond substituents is 1. The number of ether oxygens (including phenoxy) is 2. The summed E-state index contributed by atoms with van der Waals surface area (Å²) in [7, 11) is 1.64. The number of aromatic nitrogens is 1. The number of rotatable bonds is 5. The number of Topliss-reactive ketones (excluding diaryl/α,β-unsaturated/α-hetero) is 1. The lowest BCUT2D eigenvalue weighted by molar-refractivity contribution is -0.116. The van der Waals surface area contributed by atoms with E-state index in [1.165, 1.54) is 0 Å². The fraction of sp³-hybridized carbons (Fsp3) is 0.308. The van der Waals surface area contributed by atoms with Crippen molar-refractivity contribution in [2.24, 2.45) is 0 Å². The Balaban J connectivity index is 1.58. The number of aromatic hydroxyl groups is 1. The van der Waals surface area contributed by atoms with Gasteiger partial charge in [0.15, 0.2) is 17.3 Å². The number of carbonyl (C=O) groups excluding carboxylic acids is 1. The molecule has 2 N–H and O–H groups in total. The average molecular weight is 447 g/mol. The predicted octanol–water partition coefficient (Wildman–Crippen LogP) is 5.05. The maximum Gasteiger partial charge on any atom is 0.233 e. The van der Waals surface area contributed by atoms with Crippen molar-refractivity contribution in [1.82, 2.24) is 5.16 Å². The van der Waals surface area contributed by atoms with Gasteiger partial charge < -0.3 is 24.4 Å². The van der Waals surface area contributed by atoms with Crippen molar-refractivity contribution in [3.05, 3.63) is 76.1 Å². The Hall–Kier alpha value is -3.74. The summed E-state index contributed by atoms with van der Waals surface area (Å²) in [4.78, 5) is 13.6. The van der Waals surface area contributed by atoms with Crippen molar-refractivity contribution in [2.75, 3.05) is 19.0 Å². The molecule has 2 atom stereocenters. The van der Waals surface area contributed by atoms with E-state index in [1.54, 1.807) is 19.2 Å². The van der Waals surface area contributed by atoms with Gasteiger partial charge in [-0.2, -0.15) is 0 Å². The maximum absolute atomic E-state index is 13.6. The first-order valence-electron chi connectivity index (χ1n) is 11.1. The molecule has 0 fully saturated rings. The minimum atomic E-state index is -0.341. The quantitative estimate of drug-likeness (QED) is 0.566. The first kappa shape index (κ1) is 21.1. The molecule has 2 aromatic carbocycles. The summed E-state index contributed by atoms with van der Waals surface area (Å²) in [6, 6.07) is 13.1. The number of methoxy groups -OCH3 is 1. The second kappa shape index (κ2) is 8.31. The lowest BCUT2D eigenvalue weighted by Gasteiger charge is -2.34. The standard InChI is InChI=1S/C26H26N2O5/c1-4-32-22-13-16(7-10-20(22)29)24-23-14(2)28-33-26(23)27-19-11-17(12-21(30)25(19)24)15-5-8-18(31-3)9-6-15/h5-10,13,17,24,27,29H,4,11-12H2,1-3H3/t17-,24-/m1/s1. The summed E-state index contributed by atoms with van der Waals surface area (Å²) >= 11 is 0. The van der Waals surface area contributed by atoms with Crippen LogP contribution in [0, 0.1) is 6.92 Å². The highest BCUT2D eigenvalue weighted by Gasteiger charge is 2.41. The molecule has 170 valence electrons. The first-order chi connectivity index (χ1) is 16.0. The van der Waals surface area contributed by atoms with E-state index in [9.17, 15) is 9.90 Å². The molecular weight excluding hydrogens is 420 g/mol. The van der Waals surface area contributed by atoms with Crippen LogP contribution in [0.25, 0.3) is 0 Å². The molecule has 0 amide bonds. The molecule has 33 heavy (non-hydrogen) atoms. The maximum atomic E-state index is 13.6. The number of phenols is 1. The number of anilines is 1. The summed E-state index contributed by atoms with van der Waals surface area (Å²) in [6.45, 7) is 4.17. The number of ketones is 1. The predicted molar refractivity (Wildman–Crippen MR) is 123 cm³/mol. The van der Waals surface area contributed by atoms with E-state index in [1.807, 2.05) is 44.2 Å². The molecule has 0 spiro atoms. The lowest BCUT2D eigenvalue weighted by Crippen LogP contribution is -2.29. The largest absolute Gasteiger partial charge is 0.504 e. The molecule has 1 aliphatic heterocycles. The molecule has 0 saturated carbocycles. The second-order valence-electron chi connectivity index (χ2n) is 8.42. The van der Waals surface area contributed by atoms with Gasteiger partial charge in [0.2, 0.25) is 5.88 Å². The molecule has 0 radical (unpaired) electrons. The molecule has 1 aromatic heterocycles. The van der Waals surface area contributed by atoms with Crippen molar-refractivity contribution >= 4 is 11.7 Å². The van der Waals surface area contributed by atoms with Gasteiger partial charge in [-0.3, -0.25) is 4.79 Å². The molecule has 5 rings (SSSR count). The van der Waals surface area contributed by atoms with E-state index in [0.29, 0.717) is 31.1 Å². The Morgan fingerprint density at radius 1 is 1.15 bits per heavy atom. The van der Waals surface area contributed by atoms with E-state index in [0.717, 1.165) is 39.4 Å². The minimum absolute atomic E-state index is 0.0553. The lowest BCUT2D eigenvalue weighted by atomic mass is 9.72. The van der Waals surface area contributed by atoms with E-state index >= 15 is 0 Å². The number of nitrogens with one attached hydrogen (secondary N) is 1. The van der Waals surface area contributed by atoms with Crippen LogP contribution in [0.1, 0.15) is 54.0 Å². The topological polar surface area (TPSA) is 93.8 Å². The number of nitrogens with zero attached hydrogens (tertiary/aromatic N) is 1. The van der Waals surface area contributed by atoms with Gasteiger partial charge in [-0.15, -0.1) is 0 Å². The molecule has 0 saturated heterocycles. The number of allylic oxidation sites excluding steroid dienone is 2. The second-order valence-corrected chi connectivity index (χ2v) is 8.42. The number of benzene rings is 2. The van der Waals surface area contributed by atoms with Crippen LogP contribution >= 0.6 is 0 Å². The SMILES string of the molecule is CCOc1cc([C@H]2C3=C(C[C@@H](c4ccc(OC)cc4)CC3=O)Nc3onc(C)c32)ccc1O. The zero-order valence-corrected chi connectivity index (χ0v) is 18.8. The van der Waals surface area contributed by atoms with Crippen LogP contribution in [0.3, 0.4) is 0 Å². The van der Waals surface area contributed by atoms with Crippen LogP contribution in [-0.4, -0.2) is 29.8 Å². The Morgan fingerprint density at radius 3 is 2.64 bits per heavy atom. The van der Waals surface area contributed by atoms with Gasteiger partial charge >= 0.3 is 0 Å². The number of hydrogen-bond donors (Lipinski definition) is 2. The fourth-order valence-electron chi connectivity index (χ4n) is 4.90. The van der Waals surface area contributed by atoms with Crippen LogP contribution in [0.4, 0.5) is 5.88 Å². The molecule has 1 aliphatic carbocycles. The zero-order valence-electron chi connectivity index (χ0n) is 18.8. The van der Waals surface area contributed by atoms with Gasteiger partial charge in [-0.1, -0.05) is 23.4 Å². The number of fused-ring (bicyclic) bond motifs is 1. The first-order valence-corrected chi connectivity index (χ1v) is 11.1. The van der Waals surface area contributed by atoms with E-state index < -0.39 is 0 Å². The van der Waals surface area contributed by atoms with Gasteiger partial charge in [-0.25, -0.2) is 0 Å². The summed E-state index contributed by atoms with van der Waals surface area (Å²) in [5, 5.41) is 17.7. The van der Waals surface area contributed by atoms with Crippen LogP contribution < -0.4 is 14.8 Å². The highest BCUT2D eigenvalue weighted by Crippen LogP contribution is 2.50. The smallest absolute Gasteiger partial charge is 0.233 e. The van der Waals surface area contributed by atoms with Gasteiger partial charge in [0.05, 0.1) is 25.0 Å². The monoisotopic (exact) mass is 446 g/mol. The summed E-state index contributed by atoms with van der Waals surface area (Å²) in [5.41, 5.74) is 5.10. The molecular formula is C26H26N2O5. The number of hydrogen-bond acceptors (Lipinski definition) is 7. The normalized spacial score (nSPS) is 19.5. The fourth-order valence-corrected chi connectivity index (χ4v) is 4.90. The van der Waals surface area contributed by atoms with Gasteiger partial charge in [0.25, 0.3) is 0 Å². The van der Waals surface area contributed by atoms with Gasteiger partial charge in [0.1, 0.15) is 5.75 Å². The highest BCUT2D eigenvalue weighted by atomic mass is 16.5. The van der Waals surface area contributed by atoms with Gasteiger partial charge in [-0.05, 0) is 61.6 Å². The number of carbonyl (C=O) groups is 1. The van der Waals surface area contributed by atoms with Crippen molar-refractivity contribution in [2.45, 2.75) is 38.5 Å². The Morgan fingerprint density at radius 2 is 1.91 bits per heavy atom. The molecule has 3 aromatic rings. The van der Waals surface area contributed by atoms with E-state index in [-0.39, 0.29) is 23.4 Å². The van der Waals surface area contributed by atoms with Gasteiger partial charge in [0, 0.05) is 23.6 Å². The minimum Gasteiger partial charge on any atom is -0.504 e. The van der Waals surface area contributed by atoms with Crippen molar-refractivity contribution < 1.29 is 23.9 Å². The molecule has 2 aliphatic rings. The van der Waals surface area contributed by atoms with Crippen molar-refractivity contribution in [3.63, 3.8) is 0 Å². The third-order valence-corrected chi connectivity index (χ3v) is 6.46. The summed E-state index contributed by atoms with van der Waals surface area (Å²) in [6.07, 6.45) is 1.10. The van der Waals surface area contributed by atoms with E-state index in [2.05, 4.69) is 10.5 Å². The van der Waals surface area contributed by atoms with Crippen LogP contribution in [0.5, 0.6) is 17.2 Å². The number of aryl methyl sites for hydroxylation is 1. The van der Waals surface area contributed by atoms with Crippen LogP contribution in [-0.2, 0) is 4.79 Å². The zero-order chi connectivity index (χ0) is 23.1. The van der Waals surface area contributed by atoms with Crippen LogP contribution in [0.15, 0.2) is 58.3 Å². The average Bonchev–Trinajstić information content (AvgIpc) is 3.19. The van der Waals surface area contributed by atoms with E-state index in [4.69, 9.17) is 14.0 Å². The summed E-state index contributed by atoms with van der Waals surface area (Å²) < 4.78 is 16.5. The third kappa shape index (κ3) is 3.63. The van der Waals surface area contributed by atoms with Crippen LogP contribution in [0.2, 0.25) is 0 Å². The molecule has 7 heteroatoms. The highest BCUT2D eigenvalue weighted by molar-refractivity contribution is 6.01. The summed E-state index contributed by atoms with van der Waals surface area (Å²) in [5.74, 6) is 1.62. The molecule has 2 heterocycles. The molecule has 0 bridgehead atoms. The Bertz CT molecular complexity index is 1240. The molecule has 7 nitrogen and oxygen atoms in total. The Kier molecular flexibility index (Phi) is 5.32. The van der Waals surface area contributed by atoms with Crippen molar-refractivity contribution in [3.8, 4) is 17.2 Å². The van der Waals surface area contributed by atoms with Crippen molar-refractivity contribution in [1.29, 1.82) is 0 Å². The third-order valence-electron chi connectivity index (χ3n) is 6.46.